The second-order valence-corrected chi connectivity index (χ2v) is 3.55. The van der Waals surface area contributed by atoms with E-state index in [1.54, 1.807) is 32.0 Å². The molecule has 0 saturated carbocycles. The molecular weight excluding hydrogens is 246 g/mol. The smallest absolute Gasteiger partial charge is 0.348 e. The molecule has 0 spiro atoms. The van der Waals surface area contributed by atoms with Gasteiger partial charge in [-0.3, -0.25) is 0 Å². The molecule has 0 aromatic heterocycles. The third kappa shape index (κ3) is 4.03. The molecule has 0 aliphatic rings. The number of ether oxygens (including phenoxy) is 2. The van der Waals surface area contributed by atoms with Crippen LogP contribution in [-0.2, 0) is 9.53 Å². The summed E-state index contributed by atoms with van der Waals surface area (Å²) < 4.78 is 9.98. The summed E-state index contributed by atoms with van der Waals surface area (Å²) in [5, 5.41) is 18.5. The highest BCUT2D eigenvalue weighted by atomic mass is 16.5. The molecule has 0 aliphatic carbocycles. The predicted molar refractivity (Wildman–Crippen MR) is 69.5 cm³/mol. The third-order valence-corrected chi connectivity index (χ3v) is 2.21. The zero-order valence-corrected chi connectivity index (χ0v) is 10.8. The van der Waals surface area contributed by atoms with Crippen molar-refractivity contribution in [1.29, 1.82) is 5.26 Å². The molecule has 0 heterocycles. The van der Waals surface area contributed by atoms with Gasteiger partial charge < -0.3 is 14.6 Å². The molecule has 0 radical (unpaired) electrons. The number of phenolic OH excluding ortho intramolecular Hbond substituents is 1. The molecule has 5 nitrogen and oxygen atoms in total. The van der Waals surface area contributed by atoms with Crippen molar-refractivity contribution in [1.82, 2.24) is 0 Å². The van der Waals surface area contributed by atoms with Gasteiger partial charge in [0.15, 0.2) is 11.5 Å². The maximum Gasteiger partial charge on any atom is 0.348 e. The molecule has 0 amide bonds. The largest absolute Gasteiger partial charge is 0.504 e. The van der Waals surface area contributed by atoms with Gasteiger partial charge in [-0.05, 0) is 37.6 Å². The first-order valence-corrected chi connectivity index (χ1v) is 5.87. The van der Waals surface area contributed by atoms with Crippen molar-refractivity contribution < 1.29 is 19.4 Å². The summed E-state index contributed by atoms with van der Waals surface area (Å²) in [7, 11) is 0. The first kappa shape index (κ1) is 14.6. The number of hydrogen-bond acceptors (Lipinski definition) is 5. The van der Waals surface area contributed by atoms with Crippen LogP contribution in [0.25, 0.3) is 6.08 Å². The number of aromatic hydroxyl groups is 1. The van der Waals surface area contributed by atoms with E-state index < -0.39 is 5.97 Å². The van der Waals surface area contributed by atoms with Crippen molar-refractivity contribution in [2.24, 2.45) is 0 Å². The quantitative estimate of drug-likeness (QED) is 0.499. The highest BCUT2D eigenvalue weighted by molar-refractivity contribution is 5.97. The van der Waals surface area contributed by atoms with Crippen LogP contribution < -0.4 is 4.74 Å². The lowest BCUT2D eigenvalue weighted by atomic mass is 10.1. The van der Waals surface area contributed by atoms with E-state index in [1.165, 1.54) is 12.1 Å². The second kappa shape index (κ2) is 7.07. The van der Waals surface area contributed by atoms with Gasteiger partial charge >= 0.3 is 5.97 Å². The van der Waals surface area contributed by atoms with Gasteiger partial charge in [0.1, 0.15) is 11.6 Å². The maximum atomic E-state index is 11.5. The minimum absolute atomic E-state index is 0.00800. The monoisotopic (exact) mass is 261 g/mol. The molecule has 1 aromatic carbocycles. The number of nitrogens with zero attached hydrogens (tertiary/aromatic N) is 1. The van der Waals surface area contributed by atoms with Gasteiger partial charge in [0.25, 0.3) is 0 Å². The topological polar surface area (TPSA) is 79.6 Å². The van der Waals surface area contributed by atoms with Crippen LogP contribution >= 0.6 is 0 Å². The molecule has 0 fully saturated rings. The van der Waals surface area contributed by atoms with Crippen LogP contribution in [0.4, 0.5) is 0 Å². The van der Waals surface area contributed by atoms with Crippen LogP contribution in [-0.4, -0.2) is 24.3 Å². The lowest BCUT2D eigenvalue weighted by Gasteiger charge is -2.06. The van der Waals surface area contributed by atoms with Gasteiger partial charge in [-0.25, -0.2) is 4.79 Å². The Kier molecular flexibility index (Phi) is 5.42. The SMILES string of the molecule is CCOC(=O)C(C#N)=Cc1ccc(O)c(OCC)c1. The molecule has 100 valence electrons. The molecule has 1 N–H and O–H groups in total. The maximum absolute atomic E-state index is 11.5. The van der Waals surface area contributed by atoms with Crippen LogP contribution in [0.2, 0.25) is 0 Å². The Balaban J connectivity index is 3.06. The van der Waals surface area contributed by atoms with E-state index in [4.69, 9.17) is 14.7 Å². The van der Waals surface area contributed by atoms with E-state index in [0.29, 0.717) is 17.9 Å². The highest BCUT2D eigenvalue weighted by Gasteiger charge is 2.10. The van der Waals surface area contributed by atoms with Crippen LogP contribution in [0.15, 0.2) is 23.8 Å². The number of esters is 1. The van der Waals surface area contributed by atoms with Gasteiger partial charge in [-0.2, -0.15) is 5.26 Å². The van der Waals surface area contributed by atoms with Crippen LogP contribution in [0.1, 0.15) is 19.4 Å². The summed E-state index contributed by atoms with van der Waals surface area (Å²) in [4.78, 5) is 11.5. The molecule has 1 aromatic rings. The van der Waals surface area contributed by atoms with Gasteiger partial charge in [-0.1, -0.05) is 6.07 Å². The fourth-order valence-corrected chi connectivity index (χ4v) is 1.40. The number of carbonyl (C=O) groups excluding carboxylic acids is 1. The van der Waals surface area contributed by atoms with Crippen molar-refractivity contribution in [2.75, 3.05) is 13.2 Å². The summed E-state index contributed by atoms with van der Waals surface area (Å²) in [5.74, 6) is -0.359. The predicted octanol–water partition coefficient (Wildman–Crippen LogP) is 2.26. The molecule has 19 heavy (non-hydrogen) atoms. The average Bonchev–Trinajstić information content (AvgIpc) is 2.40. The van der Waals surface area contributed by atoms with Crippen molar-refractivity contribution >= 4 is 12.0 Å². The van der Waals surface area contributed by atoms with E-state index in [-0.39, 0.29) is 17.9 Å². The Morgan fingerprint density at radius 1 is 1.42 bits per heavy atom. The van der Waals surface area contributed by atoms with Crippen molar-refractivity contribution in [3.05, 3.63) is 29.3 Å². The van der Waals surface area contributed by atoms with E-state index in [9.17, 15) is 9.90 Å². The molecular formula is C14H15NO4. The highest BCUT2D eigenvalue weighted by Crippen LogP contribution is 2.27. The zero-order valence-electron chi connectivity index (χ0n) is 10.8. The second-order valence-electron chi connectivity index (χ2n) is 3.55. The Hall–Kier alpha value is -2.48. The molecule has 0 bridgehead atoms. The normalized spacial score (nSPS) is 10.7. The Morgan fingerprint density at radius 2 is 2.16 bits per heavy atom. The number of rotatable bonds is 5. The summed E-state index contributed by atoms with van der Waals surface area (Å²) >= 11 is 0. The molecule has 0 atom stereocenters. The lowest BCUT2D eigenvalue weighted by molar-refractivity contribution is -0.137. The van der Waals surface area contributed by atoms with Gasteiger partial charge in [0.2, 0.25) is 0 Å². The van der Waals surface area contributed by atoms with Crippen molar-refractivity contribution in [2.45, 2.75) is 13.8 Å². The molecule has 0 aliphatic heterocycles. The van der Waals surface area contributed by atoms with Crippen LogP contribution in [0.3, 0.4) is 0 Å². The summed E-state index contributed by atoms with van der Waals surface area (Å²) in [6, 6.07) is 6.35. The molecule has 5 heteroatoms. The Morgan fingerprint density at radius 3 is 2.74 bits per heavy atom. The molecule has 1 rings (SSSR count). The first-order chi connectivity index (χ1) is 9.12. The summed E-state index contributed by atoms with van der Waals surface area (Å²) in [6.07, 6.45) is 1.39. The standard InChI is InChI=1S/C14H15NO4/c1-3-18-13-8-10(5-6-12(13)16)7-11(9-15)14(17)19-4-2/h5-8,16H,3-4H2,1-2H3. The Labute approximate surface area is 111 Å². The number of nitriles is 1. The van der Waals surface area contributed by atoms with E-state index in [2.05, 4.69) is 0 Å². The molecule has 0 unspecified atom stereocenters. The number of benzene rings is 1. The fraction of sp³-hybridized carbons (Fsp3) is 0.286. The van der Waals surface area contributed by atoms with Gasteiger partial charge in [0.05, 0.1) is 13.2 Å². The van der Waals surface area contributed by atoms with Crippen molar-refractivity contribution in [3.63, 3.8) is 0 Å². The molecule has 0 saturated heterocycles. The van der Waals surface area contributed by atoms with Crippen LogP contribution in [0.5, 0.6) is 11.5 Å². The minimum atomic E-state index is -0.670. The third-order valence-electron chi connectivity index (χ3n) is 2.21. The number of phenols is 1. The van der Waals surface area contributed by atoms with E-state index in [0.717, 1.165) is 0 Å². The number of hydrogen-bond donors (Lipinski definition) is 1. The van der Waals surface area contributed by atoms with Gasteiger partial charge in [0, 0.05) is 0 Å². The van der Waals surface area contributed by atoms with Gasteiger partial charge in [-0.15, -0.1) is 0 Å². The lowest BCUT2D eigenvalue weighted by Crippen LogP contribution is -2.06. The zero-order chi connectivity index (χ0) is 14.3. The van der Waals surface area contributed by atoms with Crippen molar-refractivity contribution in [3.8, 4) is 17.6 Å². The fourth-order valence-electron chi connectivity index (χ4n) is 1.40. The summed E-state index contributed by atoms with van der Waals surface area (Å²) in [6.45, 7) is 4.07. The summed E-state index contributed by atoms with van der Waals surface area (Å²) in [5.41, 5.74) is 0.473. The minimum Gasteiger partial charge on any atom is -0.504 e. The Bertz CT molecular complexity index is 529. The first-order valence-electron chi connectivity index (χ1n) is 5.87. The average molecular weight is 261 g/mol. The van der Waals surface area contributed by atoms with Crippen LogP contribution in [0, 0.1) is 11.3 Å². The van der Waals surface area contributed by atoms with E-state index in [1.807, 2.05) is 0 Å². The van der Waals surface area contributed by atoms with E-state index >= 15 is 0 Å². The number of carbonyl (C=O) groups is 1.